The summed E-state index contributed by atoms with van der Waals surface area (Å²) in [6, 6.07) is 6.46. The van der Waals surface area contributed by atoms with Crippen molar-refractivity contribution in [3.8, 4) is 0 Å². The van der Waals surface area contributed by atoms with Crippen molar-refractivity contribution >= 4 is 10.9 Å². The standard InChI is InChI=1S/C26H38N6O2/c1-17(2)24(25-28-29-30-32(25)21-9-6-5-7-10-21)31(11-8-12-33)16-20-15-22-19(4)13-18(3)14-23(22)27-26(20)34/h13-15,17,21,24,33H,5-12,16H2,1-4H3,(H,27,34). The molecule has 8 nitrogen and oxygen atoms in total. The van der Waals surface area contributed by atoms with Gasteiger partial charge in [-0.1, -0.05) is 39.2 Å². The van der Waals surface area contributed by atoms with Gasteiger partial charge in [-0.2, -0.15) is 0 Å². The Kier molecular flexibility index (Phi) is 7.78. The van der Waals surface area contributed by atoms with Gasteiger partial charge in [0.05, 0.1) is 12.1 Å². The summed E-state index contributed by atoms with van der Waals surface area (Å²) in [4.78, 5) is 18.4. The van der Waals surface area contributed by atoms with Gasteiger partial charge in [0.25, 0.3) is 5.56 Å². The van der Waals surface area contributed by atoms with Crippen molar-refractivity contribution in [1.29, 1.82) is 0 Å². The first-order chi connectivity index (χ1) is 16.4. The van der Waals surface area contributed by atoms with Crippen LogP contribution in [-0.4, -0.2) is 48.3 Å². The molecule has 0 radical (unpaired) electrons. The number of H-pyrrole nitrogens is 1. The van der Waals surface area contributed by atoms with E-state index in [2.05, 4.69) is 52.2 Å². The van der Waals surface area contributed by atoms with Gasteiger partial charge in [-0.05, 0) is 72.7 Å². The van der Waals surface area contributed by atoms with E-state index in [1.165, 1.54) is 19.3 Å². The third-order valence-electron chi connectivity index (χ3n) is 7.09. The van der Waals surface area contributed by atoms with Crippen molar-refractivity contribution < 1.29 is 5.11 Å². The molecule has 0 bridgehead atoms. The Morgan fingerprint density at radius 1 is 1.18 bits per heavy atom. The van der Waals surface area contributed by atoms with E-state index in [0.717, 1.165) is 46.3 Å². The summed E-state index contributed by atoms with van der Waals surface area (Å²) in [5, 5.41) is 23.6. The van der Waals surface area contributed by atoms with Crippen LogP contribution < -0.4 is 5.56 Å². The summed E-state index contributed by atoms with van der Waals surface area (Å²) in [5.74, 6) is 1.10. The minimum absolute atomic E-state index is 0.0577. The first-order valence-corrected chi connectivity index (χ1v) is 12.6. The van der Waals surface area contributed by atoms with Crippen LogP contribution in [0.2, 0.25) is 0 Å². The molecule has 1 unspecified atom stereocenters. The number of nitrogens with zero attached hydrogens (tertiary/aromatic N) is 5. The summed E-state index contributed by atoms with van der Waals surface area (Å²) in [7, 11) is 0. The van der Waals surface area contributed by atoms with Crippen LogP contribution in [0.1, 0.15) is 87.0 Å². The molecular weight excluding hydrogens is 428 g/mol. The molecule has 1 aliphatic carbocycles. The van der Waals surface area contributed by atoms with E-state index in [-0.39, 0.29) is 24.1 Å². The predicted octanol–water partition coefficient (Wildman–Crippen LogP) is 4.22. The van der Waals surface area contributed by atoms with E-state index in [1.807, 2.05) is 23.7 Å². The van der Waals surface area contributed by atoms with Crippen molar-refractivity contribution in [2.75, 3.05) is 13.2 Å². The second-order valence-electron chi connectivity index (χ2n) is 10.2. The highest BCUT2D eigenvalue weighted by atomic mass is 16.3. The number of benzene rings is 1. The van der Waals surface area contributed by atoms with Gasteiger partial charge in [-0.25, -0.2) is 4.68 Å². The Hall–Kier alpha value is -2.58. The Morgan fingerprint density at radius 3 is 2.65 bits per heavy atom. The van der Waals surface area contributed by atoms with Crippen LogP contribution in [0, 0.1) is 19.8 Å². The summed E-state index contributed by atoms with van der Waals surface area (Å²) in [5.41, 5.74) is 3.80. The lowest BCUT2D eigenvalue weighted by Crippen LogP contribution is -2.37. The molecule has 0 saturated heterocycles. The van der Waals surface area contributed by atoms with Crippen molar-refractivity contribution in [3.05, 3.63) is 51.1 Å². The molecule has 0 spiro atoms. The lowest BCUT2D eigenvalue weighted by molar-refractivity contribution is 0.118. The number of aromatic amines is 1. The molecule has 2 heterocycles. The fourth-order valence-electron chi connectivity index (χ4n) is 5.51. The molecule has 4 rings (SSSR count). The molecule has 0 amide bonds. The molecule has 2 N–H and O–H groups in total. The highest BCUT2D eigenvalue weighted by Gasteiger charge is 2.32. The molecular formula is C26H38N6O2. The summed E-state index contributed by atoms with van der Waals surface area (Å²) < 4.78 is 2.04. The lowest BCUT2D eigenvalue weighted by Gasteiger charge is -2.34. The molecule has 3 aromatic rings. The number of nitrogens with one attached hydrogen (secondary N) is 1. The Morgan fingerprint density at radius 2 is 1.94 bits per heavy atom. The minimum Gasteiger partial charge on any atom is -0.396 e. The topological polar surface area (TPSA) is 99.9 Å². The van der Waals surface area contributed by atoms with Crippen LogP contribution in [0.5, 0.6) is 0 Å². The van der Waals surface area contributed by atoms with Crippen molar-refractivity contribution in [2.45, 2.75) is 84.8 Å². The molecule has 1 atom stereocenters. The van der Waals surface area contributed by atoms with Gasteiger partial charge in [-0.3, -0.25) is 9.69 Å². The Labute approximate surface area is 201 Å². The maximum atomic E-state index is 13.1. The second-order valence-corrected chi connectivity index (χ2v) is 10.2. The maximum absolute atomic E-state index is 13.1. The summed E-state index contributed by atoms with van der Waals surface area (Å²) in [6.07, 6.45) is 6.50. The third kappa shape index (κ3) is 5.23. The van der Waals surface area contributed by atoms with Crippen LogP contribution in [0.15, 0.2) is 23.0 Å². The Bertz CT molecular complexity index is 1160. The number of aryl methyl sites for hydroxylation is 2. The van der Waals surface area contributed by atoms with Crippen molar-refractivity contribution in [1.82, 2.24) is 30.1 Å². The van der Waals surface area contributed by atoms with Crippen LogP contribution in [0.4, 0.5) is 0 Å². The maximum Gasteiger partial charge on any atom is 0.252 e. The van der Waals surface area contributed by atoms with Gasteiger partial charge >= 0.3 is 0 Å². The zero-order valence-corrected chi connectivity index (χ0v) is 20.9. The smallest absolute Gasteiger partial charge is 0.252 e. The number of fused-ring (bicyclic) bond motifs is 1. The Balaban J connectivity index is 1.71. The predicted molar refractivity (Wildman–Crippen MR) is 134 cm³/mol. The molecule has 2 aromatic heterocycles. The first-order valence-electron chi connectivity index (χ1n) is 12.6. The van der Waals surface area contributed by atoms with E-state index in [9.17, 15) is 9.90 Å². The highest BCUT2D eigenvalue weighted by molar-refractivity contribution is 5.83. The number of aliphatic hydroxyl groups excluding tert-OH is 1. The number of aromatic nitrogens is 5. The number of aliphatic hydroxyl groups is 1. The fraction of sp³-hybridized carbons (Fsp3) is 0.615. The van der Waals surface area contributed by atoms with Crippen LogP contribution in [-0.2, 0) is 6.54 Å². The molecule has 1 aliphatic rings. The average molecular weight is 467 g/mol. The largest absolute Gasteiger partial charge is 0.396 e. The average Bonchev–Trinajstić information content (AvgIpc) is 3.27. The highest BCUT2D eigenvalue weighted by Crippen LogP contribution is 2.34. The number of pyridine rings is 1. The first kappa shape index (κ1) is 24.5. The molecule has 1 aromatic carbocycles. The van der Waals surface area contributed by atoms with Gasteiger partial charge in [0, 0.05) is 36.2 Å². The van der Waals surface area contributed by atoms with E-state index in [4.69, 9.17) is 0 Å². The van der Waals surface area contributed by atoms with E-state index in [1.54, 1.807) is 0 Å². The van der Waals surface area contributed by atoms with E-state index >= 15 is 0 Å². The number of hydrogen-bond donors (Lipinski definition) is 2. The quantitative estimate of drug-likeness (QED) is 0.490. The third-order valence-corrected chi connectivity index (χ3v) is 7.09. The van der Waals surface area contributed by atoms with Gasteiger partial charge in [-0.15, -0.1) is 5.10 Å². The van der Waals surface area contributed by atoms with E-state index < -0.39 is 0 Å². The number of hydrogen-bond acceptors (Lipinski definition) is 6. The molecule has 0 aliphatic heterocycles. The summed E-state index contributed by atoms with van der Waals surface area (Å²) >= 11 is 0. The monoisotopic (exact) mass is 466 g/mol. The van der Waals surface area contributed by atoms with Gasteiger partial charge in [0.1, 0.15) is 0 Å². The van der Waals surface area contributed by atoms with E-state index in [0.29, 0.717) is 25.6 Å². The van der Waals surface area contributed by atoms with Crippen molar-refractivity contribution in [3.63, 3.8) is 0 Å². The lowest BCUT2D eigenvalue weighted by atomic mass is 9.94. The molecule has 1 saturated carbocycles. The second kappa shape index (κ2) is 10.8. The molecule has 184 valence electrons. The van der Waals surface area contributed by atoms with Gasteiger partial charge in [0.2, 0.25) is 0 Å². The molecule has 8 heteroatoms. The zero-order chi connectivity index (χ0) is 24.2. The van der Waals surface area contributed by atoms with Gasteiger partial charge in [0.15, 0.2) is 5.82 Å². The normalized spacial score (nSPS) is 16.1. The fourth-order valence-corrected chi connectivity index (χ4v) is 5.51. The van der Waals surface area contributed by atoms with Crippen LogP contribution >= 0.6 is 0 Å². The van der Waals surface area contributed by atoms with Crippen LogP contribution in [0.3, 0.4) is 0 Å². The summed E-state index contributed by atoms with van der Waals surface area (Å²) in [6.45, 7) is 9.69. The minimum atomic E-state index is -0.0686. The molecule has 1 fully saturated rings. The van der Waals surface area contributed by atoms with Gasteiger partial charge < -0.3 is 10.1 Å². The van der Waals surface area contributed by atoms with Crippen molar-refractivity contribution in [2.24, 2.45) is 5.92 Å². The number of tetrazole rings is 1. The number of rotatable bonds is 9. The zero-order valence-electron chi connectivity index (χ0n) is 20.9. The molecule has 34 heavy (non-hydrogen) atoms. The van der Waals surface area contributed by atoms with Crippen LogP contribution in [0.25, 0.3) is 10.9 Å². The SMILES string of the molecule is Cc1cc(C)c2cc(CN(CCCO)C(c3nnnn3C3CCCCC3)C(C)C)c(=O)[nH]c2c1.